The van der Waals surface area contributed by atoms with Crippen LogP contribution in [-0.2, 0) is 19.4 Å². The fraction of sp³-hybridized carbons (Fsp3) is 0.462. The van der Waals surface area contributed by atoms with Gasteiger partial charge in [-0.25, -0.2) is 4.98 Å². The van der Waals surface area contributed by atoms with Gasteiger partial charge in [0.05, 0.1) is 11.0 Å². The van der Waals surface area contributed by atoms with Crippen molar-refractivity contribution >= 4 is 23.7 Å². The van der Waals surface area contributed by atoms with Gasteiger partial charge in [-0.05, 0) is 36.8 Å². The highest BCUT2D eigenvalue weighted by Gasteiger charge is 2.08. The third-order valence-electron chi connectivity index (χ3n) is 2.95. The Labute approximate surface area is 102 Å². The second kappa shape index (κ2) is 4.91. The summed E-state index contributed by atoms with van der Waals surface area (Å²) in [5.41, 5.74) is 3.72. The summed E-state index contributed by atoms with van der Waals surface area (Å²) >= 11 is 4.29. The minimum atomic E-state index is 0.851. The van der Waals surface area contributed by atoms with E-state index in [1.807, 2.05) is 0 Å². The topological polar surface area (TPSA) is 17.8 Å². The van der Waals surface area contributed by atoms with Crippen molar-refractivity contribution in [2.75, 3.05) is 5.75 Å². The van der Waals surface area contributed by atoms with Crippen molar-refractivity contribution in [3.63, 3.8) is 0 Å². The van der Waals surface area contributed by atoms with Crippen LogP contribution in [-0.4, -0.2) is 15.3 Å². The van der Waals surface area contributed by atoms with Crippen LogP contribution in [0.15, 0.2) is 18.2 Å². The Morgan fingerprint density at radius 2 is 2.12 bits per heavy atom. The van der Waals surface area contributed by atoms with Crippen LogP contribution in [0.2, 0.25) is 0 Å². The van der Waals surface area contributed by atoms with Gasteiger partial charge in [0.25, 0.3) is 0 Å². The molecule has 0 amide bonds. The van der Waals surface area contributed by atoms with Crippen LogP contribution in [0.5, 0.6) is 0 Å². The molecule has 0 aliphatic rings. The molecule has 0 unspecified atom stereocenters. The molecule has 0 spiro atoms. The molecule has 2 nitrogen and oxygen atoms in total. The largest absolute Gasteiger partial charge is 0.328 e. The van der Waals surface area contributed by atoms with E-state index in [2.05, 4.69) is 49.2 Å². The van der Waals surface area contributed by atoms with Crippen molar-refractivity contribution in [2.24, 2.45) is 0 Å². The lowest BCUT2D eigenvalue weighted by atomic mass is 10.1. The number of benzene rings is 1. The van der Waals surface area contributed by atoms with Gasteiger partial charge in [-0.2, -0.15) is 12.6 Å². The molecule has 0 aliphatic heterocycles. The number of imidazole rings is 1. The standard InChI is InChI=1S/C13H18N2S/c1-3-10-5-6-12-11(9-10)14-13(7-8-16)15(12)4-2/h5-6,9,16H,3-4,7-8H2,1-2H3. The zero-order valence-corrected chi connectivity index (χ0v) is 10.8. The molecule has 86 valence electrons. The molecule has 16 heavy (non-hydrogen) atoms. The summed E-state index contributed by atoms with van der Waals surface area (Å²) in [6.07, 6.45) is 2.00. The molecule has 0 aliphatic carbocycles. The smallest absolute Gasteiger partial charge is 0.110 e. The number of rotatable bonds is 4. The highest BCUT2D eigenvalue weighted by atomic mass is 32.1. The zero-order valence-electron chi connectivity index (χ0n) is 9.90. The van der Waals surface area contributed by atoms with Gasteiger partial charge in [0.2, 0.25) is 0 Å². The van der Waals surface area contributed by atoms with Gasteiger partial charge in [0, 0.05) is 13.0 Å². The molecule has 2 rings (SSSR count). The lowest BCUT2D eigenvalue weighted by Crippen LogP contribution is -2.02. The second-order valence-corrected chi connectivity index (χ2v) is 4.37. The van der Waals surface area contributed by atoms with Crippen molar-refractivity contribution in [3.8, 4) is 0 Å². The summed E-state index contributed by atoms with van der Waals surface area (Å²) in [5, 5.41) is 0. The normalized spacial score (nSPS) is 11.2. The van der Waals surface area contributed by atoms with Crippen LogP contribution < -0.4 is 0 Å². The van der Waals surface area contributed by atoms with Crippen molar-refractivity contribution in [2.45, 2.75) is 33.2 Å². The molecule has 1 aromatic heterocycles. The van der Waals surface area contributed by atoms with Crippen LogP contribution in [0.3, 0.4) is 0 Å². The molecule has 1 heterocycles. The molecule has 3 heteroatoms. The van der Waals surface area contributed by atoms with Crippen molar-refractivity contribution in [1.29, 1.82) is 0 Å². The van der Waals surface area contributed by atoms with Crippen molar-refractivity contribution in [3.05, 3.63) is 29.6 Å². The number of thiol groups is 1. The summed E-state index contributed by atoms with van der Waals surface area (Å²) in [5.74, 6) is 2.00. The van der Waals surface area contributed by atoms with Gasteiger partial charge in [0.1, 0.15) is 5.82 Å². The Hall–Kier alpha value is -0.960. The van der Waals surface area contributed by atoms with Gasteiger partial charge < -0.3 is 4.57 Å². The van der Waals surface area contributed by atoms with E-state index in [0.29, 0.717) is 0 Å². The first-order chi connectivity index (χ1) is 7.80. The Morgan fingerprint density at radius 1 is 1.31 bits per heavy atom. The average molecular weight is 234 g/mol. The Bertz CT molecular complexity index is 488. The fourth-order valence-corrected chi connectivity index (χ4v) is 2.29. The first-order valence-corrected chi connectivity index (χ1v) is 6.52. The predicted molar refractivity (Wildman–Crippen MR) is 72.3 cm³/mol. The SMILES string of the molecule is CCc1ccc2c(c1)nc(CCS)n2CC. The maximum absolute atomic E-state index is 4.70. The van der Waals surface area contributed by atoms with Crippen LogP contribution in [0.4, 0.5) is 0 Å². The van der Waals surface area contributed by atoms with E-state index < -0.39 is 0 Å². The minimum absolute atomic E-state index is 0.851. The number of hydrogen-bond acceptors (Lipinski definition) is 2. The number of nitrogens with zero attached hydrogens (tertiary/aromatic N) is 2. The van der Waals surface area contributed by atoms with E-state index >= 15 is 0 Å². The molecule has 0 saturated heterocycles. The predicted octanol–water partition coefficient (Wildman–Crippen LogP) is 3.09. The van der Waals surface area contributed by atoms with E-state index in [4.69, 9.17) is 4.98 Å². The number of fused-ring (bicyclic) bond motifs is 1. The molecule has 0 saturated carbocycles. The Balaban J connectivity index is 2.57. The Kier molecular flexibility index (Phi) is 3.54. The summed E-state index contributed by atoms with van der Waals surface area (Å²) < 4.78 is 2.28. The fourth-order valence-electron chi connectivity index (χ4n) is 2.09. The quantitative estimate of drug-likeness (QED) is 0.805. The molecular weight excluding hydrogens is 216 g/mol. The lowest BCUT2D eigenvalue weighted by molar-refractivity contribution is 0.728. The molecule has 0 fully saturated rings. The first kappa shape index (κ1) is 11.5. The summed E-state index contributed by atoms with van der Waals surface area (Å²) in [6, 6.07) is 6.58. The monoisotopic (exact) mass is 234 g/mol. The van der Waals surface area contributed by atoms with E-state index in [0.717, 1.165) is 36.5 Å². The summed E-state index contributed by atoms with van der Waals surface area (Å²) in [7, 11) is 0. The van der Waals surface area contributed by atoms with E-state index in [1.165, 1.54) is 11.1 Å². The highest BCUT2D eigenvalue weighted by molar-refractivity contribution is 7.80. The maximum atomic E-state index is 4.70. The number of hydrogen-bond donors (Lipinski definition) is 1. The van der Waals surface area contributed by atoms with Crippen molar-refractivity contribution < 1.29 is 0 Å². The molecule has 1 aromatic carbocycles. The van der Waals surface area contributed by atoms with Crippen molar-refractivity contribution in [1.82, 2.24) is 9.55 Å². The number of aryl methyl sites for hydroxylation is 3. The summed E-state index contributed by atoms with van der Waals surface area (Å²) in [6.45, 7) is 5.31. The highest BCUT2D eigenvalue weighted by Crippen LogP contribution is 2.19. The van der Waals surface area contributed by atoms with E-state index in [1.54, 1.807) is 0 Å². The van der Waals surface area contributed by atoms with Crippen LogP contribution in [0.1, 0.15) is 25.2 Å². The molecule has 2 aromatic rings. The second-order valence-electron chi connectivity index (χ2n) is 3.92. The molecular formula is C13H18N2S. The molecule has 0 atom stereocenters. The maximum Gasteiger partial charge on any atom is 0.110 e. The first-order valence-electron chi connectivity index (χ1n) is 5.89. The van der Waals surface area contributed by atoms with Gasteiger partial charge in [-0.1, -0.05) is 13.0 Å². The molecule has 0 N–H and O–H groups in total. The van der Waals surface area contributed by atoms with E-state index in [-0.39, 0.29) is 0 Å². The number of aromatic nitrogens is 2. The van der Waals surface area contributed by atoms with Gasteiger partial charge in [-0.15, -0.1) is 0 Å². The lowest BCUT2D eigenvalue weighted by Gasteiger charge is -2.04. The third kappa shape index (κ3) is 1.96. The van der Waals surface area contributed by atoms with Gasteiger partial charge >= 0.3 is 0 Å². The van der Waals surface area contributed by atoms with Crippen LogP contribution in [0, 0.1) is 0 Å². The van der Waals surface area contributed by atoms with Gasteiger partial charge in [0.15, 0.2) is 0 Å². The summed E-state index contributed by atoms with van der Waals surface area (Å²) in [4.78, 5) is 4.70. The van der Waals surface area contributed by atoms with E-state index in [9.17, 15) is 0 Å². The van der Waals surface area contributed by atoms with Crippen LogP contribution in [0.25, 0.3) is 11.0 Å². The molecule has 0 radical (unpaired) electrons. The zero-order chi connectivity index (χ0) is 11.5. The third-order valence-corrected chi connectivity index (χ3v) is 3.18. The minimum Gasteiger partial charge on any atom is -0.328 e. The van der Waals surface area contributed by atoms with Crippen LogP contribution >= 0.6 is 12.6 Å². The molecule has 0 bridgehead atoms. The average Bonchev–Trinajstić information content (AvgIpc) is 2.65. The Morgan fingerprint density at radius 3 is 2.75 bits per heavy atom. The van der Waals surface area contributed by atoms with Gasteiger partial charge in [-0.3, -0.25) is 0 Å².